The zero-order valence-electron chi connectivity index (χ0n) is 12.9. The molecule has 3 aromatic heterocycles. The van der Waals surface area contributed by atoms with Crippen molar-refractivity contribution in [2.45, 2.75) is 12.5 Å². The van der Waals surface area contributed by atoms with Gasteiger partial charge in [0.15, 0.2) is 0 Å². The smallest absolute Gasteiger partial charge is 0.259 e. The van der Waals surface area contributed by atoms with Crippen LogP contribution in [0.3, 0.4) is 0 Å². The van der Waals surface area contributed by atoms with Crippen molar-refractivity contribution in [3.8, 4) is 0 Å². The average molecular weight is 342 g/mol. The van der Waals surface area contributed by atoms with Crippen molar-refractivity contribution < 1.29 is 0 Å². The summed E-state index contributed by atoms with van der Waals surface area (Å²) in [5, 5.41) is 4.01. The van der Waals surface area contributed by atoms with Crippen molar-refractivity contribution in [1.82, 2.24) is 14.4 Å². The zero-order chi connectivity index (χ0) is 16.5. The van der Waals surface area contributed by atoms with E-state index in [1.807, 2.05) is 30.3 Å². The van der Waals surface area contributed by atoms with Gasteiger partial charge in [0.25, 0.3) is 5.56 Å². The fraction of sp³-hybridized carbons (Fsp3) is 0.235. The van der Waals surface area contributed by atoms with Gasteiger partial charge in [0.1, 0.15) is 17.3 Å². The van der Waals surface area contributed by atoms with Crippen LogP contribution < -0.4 is 15.8 Å². The molecule has 24 heavy (non-hydrogen) atoms. The lowest BCUT2D eigenvalue weighted by Gasteiger charge is -2.19. The van der Waals surface area contributed by atoms with E-state index in [0.717, 1.165) is 25.3 Å². The van der Waals surface area contributed by atoms with Gasteiger partial charge in [0, 0.05) is 37.6 Å². The first kappa shape index (κ1) is 15.0. The molecule has 7 heteroatoms. The predicted molar refractivity (Wildman–Crippen MR) is 94.9 cm³/mol. The van der Waals surface area contributed by atoms with E-state index in [4.69, 9.17) is 11.6 Å². The number of rotatable bonds is 3. The molecular weight excluding hydrogens is 326 g/mol. The summed E-state index contributed by atoms with van der Waals surface area (Å²) in [5.74, 6) is 1.40. The van der Waals surface area contributed by atoms with Crippen molar-refractivity contribution in [1.29, 1.82) is 0 Å². The molecule has 6 nitrogen and oxygen atoms in total. The second kappa shape index (κ2) is 6.13. The number of anilines is 2. The minimum atomic E-state index is -0.0919. The minimum Gasteiger partial charge on any atom is -0.365 e. The van der Waals surface area contributed by atoms with Crippen LogP contribution in [0, 0.1) is 0 Å². The van der Waals surface area contributed by atoms with Crippen molar-refractivity contribution in [3.05, 3.63) is 64.2 Å². The Morgan fingerprint density at radius 1 is 1.25 bits per heavy atom. The average Bonchev–Trinajstić information content (AvgIpc) is 3.03. The molecule has 1 unspecified atom stereocenters. The van der Waals surface area contributed by atoms with E-state index in [-0.39, 0.29) is 11.6 Å². The summed E-state index contributed by atoms with van der Waals surface area (Å²) in [6, 6.07) is 10.9. The van der Waals surface area contributed by atoms with E-state index in [0.29, 0.717) is 16.5 Å². The van der Waals surface area contributed by atoms with Gasteiger partial charge in [-0.25, -0.2) is 9.97 Å². The molecule has 4 heterocycles. The summed E-state index contributed by atoms with van der Waals surface area (Å²) in [4.78, 5) is 23.2. The molecule has 0 bridgehead atoms. The number of hydrogen-bond donors (Lipinski definition) is 1. The van der Waals surface area contributed by atoms with Crippen LogP contribution in [-0.4, -0.2) is 33.5 Å². The van der Waals surface area contributed by atoms with Gasteiger partial charge in [0.2, 0.25) is 0 Å². The van der Waals surface area contributed by atoms with E-state index in [9.17, 15) is 4.79 Å². The van der Waals surface area contributed by atoms with Gasteiger partial charge in [-0.2, -0.15) is 0 Å². The summed E-state index contributed by atoms with van der Waals surface area (Å²) in [5.41, 5.74) is 0.542. The molecule has 1 atom stereocenters. The number of nitrogens with one attached hydrogen (secondary N) is 1. The van der Waals surface area contributed by atoms with Gasteiger partial charge in [-0.15, -0.1) is 0 Å². The molecule has 0 saturated carbocycles. The molecule has 0 aliphatic carbocycles. The van der Waals surface area contributed by atoms with Gasteiger partial charge in [-0.3, -0.25) is 9.20 Å². The molecule has 4 rings (SSSR count). The molecule has 3 aromatic rings. The summed E-state index contributed by atoms with van der Waals surface area (Å²) in [6.07, 6.45) is 4.39. The largest absolute Gasteiger partial charge is 0.365 e. The molecule has 0 amide bonds. The molecule has 0 aromatic carbocycles. The standard InChI is InChI=1S/C17H16ClN5O/c18-13-4-3-7-19-17(13)22-9-6-12(11-22)20-14-10-16(24)23-8-2-1-5-15(23)21-14/h1-5,7-8,10,12,20H,6,9,11H2. The highest BCUT2D eigenvalue weighted by atomic mass is 35.5. The van der Waals surface area contributed by atoms with E-state index in [1.54, 1.807) is 12.4 Å². The van der Waals surface area contributed by atoms with Crippen LogP contribution >= 0.6 is 11.6 Å². The number of fused-ring (bicyclic) bond motifs is 1. The van der Waals surface area contributed by atoms with Crippen LogP contribution in [0.25, 0.3) is 5.65 Å². The molecule has 1 aliphatic heterocycles. The second-order valence-electron chi connectivity index (χ2n) is 5.79. The topological polar surface area (TPSA) is 62.5 Å². The number of aromatic nitrogens is 3. The van der Waals surface area contributed by atoms with E-state index in [1.165, 1.54) is 10.5 Å². The van der Waals surface area contributed by atoms with Crippen LogP contribution in [0.1, 0.15) is 6.42 Å². The maximum atomic E-state index is 12.1. The molecule has 0 spiro atoms. The Hall–Kier alpha value is -2.60. The van der Waals surface area contributed by atoms with Crippen molar-refractivity contribution in [3.63, 3.8) is 0 Å². The van der Waals surface area contributed by atoms with Gasteiger partial charge >= 0.3 is 0 Å². The molecule has 1 fully saturated rings. The lowest BCUT2D eigenvalue weighted by Crippen LogP contribution is -2.28. The molecule has 1 saturated heterocycles. The van der Waals surface area contributed by atoms with E-state index < -0.39 is 0 Å². The first-order valence-electron chi connectivity index (χ1n) is 7.81. The summed E-state index contributed by atoms with van der Waals surface area (Å²) in [7, 11) is 0. The van der Waals surface area contributed by atoms with Crippen molar-refractivity contribution in [2.24, 2.45) is 0 Å². The molecule has 122 valence electrons. The van der Waals surface area contributed by atoms with Crippen LogP contribution in [0.2, 0.25) is 5.02 Å². The molecule has 0 radical (unpaired) electrons. The fourth-order valence-electron chi connectivity index (χ4n) is 3.02. The van der Waals surface area contributed by atoms with Crippen LogP contribution in [0.5, 0.6) is 0 Å². The Morgan fingerprint density at radius 3 is 3.04 bits per heavy atom. The SMILES string of the molecule is O=c1cc(NC2CCN(c3ncccc3Cl)C2)nc2ccccn12. The highest BCUT2D eigenvalue weighted by Crippen LogP contribution is 2.26. The third-order valence-corrected chi connectivity index (χ3v) is 4.44. The first-order chi connectivity index (χ1) is 11.7. The molecule has 1 aliphatic rings. The third-order valence-electron chi connectivity index (χ3n) is 4.15. The van der Waals surface area contributed by atoms with Crippen molar-refractivity contribution in [2.75, 3.05) is 23.3 Å². The Morgan fingerprint density at radius 2 is 2.17 bits per heavy atom. The van der Waals surface area contributed by atoms with Crippen LogP contribution in [0.4, 0.5) is 11.6 Å². The van der Waals surface area contributed by atoms with Crippen molar-refractivity contribution >= 4 is 28.9 Å². The number of nitrogens with zero attached hydrogens (tertiary/aromatic N) is 4. The van der Waals surface area contributed by atoms with E-state index in [2.05, 4.69) is 20.2 Å². The highest BCUT2D eigenvalue weighted by molar-refractivity contribution is 6.32. The van der Waals surface area contributed by atoms with Gasteiger partial charge in [0.05, 0.1) is 5.02 Å². The Kier molecular flexibility index (Phi) is 3.82. The highest BCUT2D eigenvalue weighted by Gasteiger charge is 2.25. The van der Waals surface area contributed by atoms with Gasteiger partial charge in [-0.1, -0.05) is 17.7 Å². The summed E-state index contributed by atoms with van der Waals surface area (Å²) < 4.78 is 1.53. The molecule has 1 N–H and O–H groups in total. The number of pyridine rings is 2. The lowest BCUT2D eigenvalue weighted by atomic mass is 10.2. The monoisotopic (exact) mass is 341 g/mol. The Bertz CT molecular complexity index is 941. The normalized spacial score (nSPS) is 17.4. The third kappa shape index (κ3) is 2.80. The molecular formula is C17H16ClN5O. The summed E-state index contributed by atoms with van der Waals surface area (Å²) in [6.45, 7) is 1.63. The fourth-order valence-corrected chi connectivity index (χ4v) is 3.26. The maximum Gasteiger partial charge on any atom is 0.259 e. The van der Waals surface area contributed by atoms with Gasteiger partial charge < -0.3 is 10.2 Å². The minimum absolute atomic E-state index is 0.0919. The van der Waals surface area contributed by atoms with Crippen LogP contribution in [0.15, 0.2) is 53.6 Å². The lowest BCUT2D eigenvalue weighted by molar-refractivity contribution is 0.798. The second-order valence-corrected chi connectivity index (χ2v) is 6.20. The Balaban J connectivity index is 1.53. The van der Waals surface area contributed by atoms with Crippen LogP contribution in [-0.2, 0) is 0 Å². The van der Waals surface area contributed by atoms with Gasteiger partial charge in [-0.05, 0) is 30.7 Å². The zero-order valence-corrected chi connectivity index (χ0v) is 13.6. The number of halogens is 1. The van der Waals surface area contributed by atoms with E-state index >= 15 is 0 Å². The number of hydrogen-bond acceptors (Lipinski definition) is 5. The predicted octanol–water partition coefficient (Wildman–Crippen LogP) is 2.43. The Labute approximate surface area is 143 Å². The summed E-state index contributed by atoms with van der Waals surface area (Å²) >= 11 is 6.22. The maximum absolute atomic E-state index is 12.1. The quantitative estimate of drug-likeness (QED) is 0.792. The first-order valence-corrected chi connectivity index (χ1v) is 8.19.